The number of carbonyl (C=O) groups is 2. The van der Waals surface area contributed by atoms with Crippen LogP contribution in [-0.2, 0) is 0 Å². The highest BCUT2D eigenvalue weighted by molar-refractivity contribution is 6.06. The summed E-state index contributed by atoms with van der Waals surface area (Å²) in [5.74, 6) is 0.483. The number of nitrogens with one attached hydrogen (secondary N) is 1. The third-order valence-corrected chi connectivity index (χ3v) is 4.47. The van der Waals surface area contributed by atoms with E-state index in [1.165, 1.54) is 0 Å². The molecule has 3 rings (SSSR count). The summed E-state index contributed by atoms with van der Waals surface area (Å²) < 4.78 is 0. The van der Waals surface area contributed by atoms with Crippen LogP contribution in [0.3, 0.4) is 0 Å². The molecule has 0 radical (unpaired) electrons. The molecule has 2 aromatic rings. The molecule has 4 nitrogen and oxygen atoms in total. The zero-order valence-corrected chi connectivity index (χ0v) is 13.9. The molecule has 2 aromatic carbocycles. The number of carbonyl (C=O) groups excluding carboxylic acids is 2. The molecule has 0 aromatic heterocycles. The van der Waals surface area contributed by atoms with E-state index in [-0.39, 0.29) is 11.8 Å². The van der Waals surface area contributed by atoms with Crippen LogP contribution in [0.15, 0.2) is 54.6 Å². The van der Waals surface area contributed by atoms with E-state index < -0.39 is 0 Å². The average Bonchev–Trinajstić information content (AvgIpc) is 2.63. The van der Waals surface area contributed by atoms with Crippen molar-refractivity contribution in [3.63, 3.8) is 0 Å². The molecule has 24 heavy (non-hydrogen) atoms. The molecular weight excluding hydrogens is 300 g/mol. The highest BCUT2D eigenvalue weighted by Gasteiger charge is 2.22. The molecule has 0 saturated carbocycles. The molecule has 1 aliphatic heterocycles. The van der Waals surface area contributed by atoms with Gasteiger partial charge in [0, 0.05) is 29.9 Å². The molecule has 0 atom stereocenters. The van der Waals surface area contributed by atoms with Crippen molar-refractivity contribution < 1.29 is 9.59 Å². The average molecular weight is 322 g/mol. The SMILES string of the molecule is CC1CCN(C(=O)c2cccc(C(=O)Nc3ccccc3)c2)CC1. The van der Waals surface area contributed by atoms with E-state index in [9.17, 15) is 9.59 Å². The Balaban J connectivity index is 1.71. The van der Waals surface area contributed by atoms with Crippen molar-refractivity contribution >= 4 is 17.5 Å². The van der Waals surface area contributed by atoms with Gasteiger partial charge in [0.15, 0.2) is 0 Å². The zero-order chi connectivity index (χ0) is 16.9. The minimum absolute atomic E-state index is 0.0104. The lowest BCUT2D eigenvalue weighted by Crippen LogP contribution is -2.38. The second-order valence-corrected chi connectivity index (χ2v) is 6.38. The van der Waals surface area contributed by atoms with Crippen LogP contribution in [0.2, 0.25) is 0 Å². The Morgan fingerprint density at radius 3 is 2.33 bits per heavy atom. The summed E-state index contributed by atoms with van der Waals surface area (Å²) in [4.78, 5) is 26.9. The van der Waals surface area contributed by atoms with Crippen molar-refractivity contribution in [2.75, 3.05) is 18.4 Å². The van der Waals surface area contributed by atoms with Gasteiger partial charge in [-0.05, 0) is 49.1 Å². The van der Waals surface area contributed by atoms with Crippen molar-refractivity contribution in [2.24, 2.45) is 5.92 Å². The summed E-state index contributed by atoms with van der Waals surface area (Å²) >= 11 is 0. The molecule has 0 bridgehead atoms. The molecule has 0 aliphatic carbocycles. The number of likely N-dealkylation sites (tertiary alicyclic amines) is 1. The van der Waals surface area contributed by atoms with Crippen LogP contribution < -0.4 is 5.32 Å². The number of benzene rings is 2. The number of rotatable bonds is 3. The molecule has 0 unspecified atom stereocenters. The second-order valence-electron chi connectivity index (χ2n) is 6.38. The number of hydrogen-bond donors (Lipinski definition) is 1. The minimum Gasteiger partial charge on any atom is -0.339 e. The van der Waals surface area contributed by atoms with Gasteiger partial charge in [-0.2, -0.15) is 0 Å². The summed E-state index contributed by atoms with van der Waals surface area (Å²) in [5.41, 5.74) is 1.81. The fraction of sp³-hybridized carbons (Fsp3) is 0.300. The Bertz CT molecular complexity index is 719. The van der Waals surface area contributed by atoms with Crippen LogP contribution in [-0.4, -0.2) is 29.8 Å². The largest absolute Gasteiger partial charge is 0.339 e. The van der Waals surface area contributed by atoms with Gasteiger partial charge >= 0.3 is 0 Å². The van der Waals surface area contributed by atoms with Crippen molar-refractivity contribution in [1.29, 1.82) is 0 Å². The van der Waals surface area contributed by atoms with Gasteiger partial charge in [-0.3, -0.25) is 9.59 Å². The Morgan fingerprint density at radius 1 is 0.958 bits per heavy atom. The smallest absolute Gasteiger partial charge is 0.255 e. The lowest BCUT2D eigenvalue weighted by molar-refractivity contribution is 0.0697. The van der Waals surface area contributed by atoms with Crippen LogP contribution in [0.1, 0.15) is 40.5 Å². The normalized spacial score (nSPS) is 15.1. The summed E-state index contributed by atoms with van der Waals surface area (Å²) in [5, 5.41) is 2.85. The first kappa shape index (κ1) is 16.2. The lowest BCUT2D eigenvalue weighted by Gasteiger charge is -2.30. The van der Waals surface area contributed by atoms with Gasteiger partial charge in [0.25, 0.3) is 11.8 Å². The maximum Gasteiger partial charge on any atom is 0.255 e. The molecule has 2 amide bonds. The predicted molar refractivity (Wildman–Crippen MR) is 95.1 cm³/mol. The number of para-hydroxylation sites is 1. The molecule has 1 aliphatic rings. The molecule has 0 spiro atoms. The maximum atomic E-state index is 12.6. The Labute approximate surface area is 142 Å². The third-order valence-electron chi connectivity index (χ3n) is 4.47. The maximum absolute atomic E-state index is 12.6. The second kappa shape index (κ2) is 7.30. The highest BCUT2D eigenvalue weighted by atomic mass is 16.2. The van der Waals surface area contributed by atoms with Crippen molar-refractivity contribution in [1.82, 2.24) is 4.90 Å². The van der Waals surface area contributed by atoms with Gasteiger partial charge in [0.2, 0.25) is 0 Å². The lowest BCUT2D eigenvalue weighted by atomic mass is 9.98. The van der Waals surface area contributed by atoms with Crippen LogP contribution in [0.5, 0.6) is 0 Å². The summed E-state index contributed by atoms with van der Waals surface area (Å²) in [6.45, 7) is 3.80. The number of nitrogens with zero attached hydrogens (tertiary/aromatic N) is 1. The highest BCUT2D eigenvalue weighted by Crippen LogP contribution is 2.19. The predicted octanol–water partition coefficient (Wildman–Crippen LogP) is 3.81. The zero-order valence-electron chi connectivity index (χ0n) is 13.9. The molecule has 1 N–H and O–H groups in total. The van der Waals surface area contributed by atoms with E-state index in [4.69, 9.17) is 0 Å². The minimum atomic E-state index is -0.205. The molecule has 4 heteroatoms. The Morgan fingerprint density at radius 2 is 1.62 bits per heavy atom. The standard InChI is InChI=1S/C20H22N2O2/c1-15-10-12-22(13-11-15)20(24)17-7-5-6-16(14-17)19(23)21-18-8-3-2-4-9-18/h2-9,14-15H,10-13H2,1H3,(H,21,23). The van der Waals surface area contributed by atoms with Gasteiger partial charge in [-0.1, -0.05) is 31.2 Å². The summed E-state index contributed by atoms with van der Waals surface area (Å²) in [7, 11) is 0. The van der Waals surface area contributed by atoms with Gasteiger partial charge in [0.05, 0.1) is 0 Å². The Kier molecular flexibility index (Phi) is 4.94. The van der Waals surface area contributed by atoms with Gasteiger partial charge < -0.3 is 10.2 Å². The van der Waals surface area contributed by atoms with Crippen LogP contribution in [0.4, 0.5) is 5.69 Å². The monoisotopic (exact) mass is 322 g/mol. The van der Waals surface area contributed by atoms with Crippen molar-refractivity contribution in [2.45, 2.75) is 19.8 Å². The third kappa shape index (κ3) is 3.82. The first-order chi connectivity index (χ1) is 11.6. The van der Waals surface area contributed by atoms with Crippen LogP contribution in [0.25, 0.3) is 0 Å². The Hall–Kier alpha value is -2.62. The summed E-state index contributed by atoms with van der Waals surface area (Å²) in [6, 6.07) is 16.3. The van der Waals surface area contributed by atoms with E-state index in [1.807, 2.05) is 35.2 Å². The first-order valence-corrected chi connectivity index (χ1v) is 8.39. The van der Waals surface area contributed by atoms with Gasteiger partial charge in [-0.25, -0.2) is 0 Å². The molecule has 1 heterocycles. The molecule has 124 valence electrons. The number of piperidine rings is 1. The topological polar surface area (TPSA) is 49.4 Å². The van der Waals surface area contributed by atoms with E-state index in [0.717, 1.165) is 31.6 Å². The van der Waals surface area contributed by atoms with Crippen LogP contribution >= 0.6 is 0 Å². The van der Waals surface area contributed by atoms with Crippen LogP contribution in [0, 0.1) is 5.92 Å². The number of hydrogen-bond acceptors (Lipinski definition) is 2. The number of anilines is 1. The van der Waals surface area contributed by atoms with E-state index in [0.29, 0.717) is 17.0 Å². The van der Waals surface area contributed by atoms with E-state index in [2.05, 4.69) is 12.2 Å². The fourth-order valence-corrected chi connectivity index (χ4v) is 2.91. The number of amides is 2. The summed E-state index contributed by atoms with van der Waals surface area (Å²) in [6.07, 6.45) is 2.08. The molecular formula is C20H22N2O2. The van der Waals surface area contributed by atoms with Crippen molar-refractivity contribution in [3.05, 3.63) is 65.7 Å². The van der Waals surface area contributed by atoms with Gasteiger partial charge in [-0.15, -0.1) is 0 Å². The quantitative estimate of drug-likeness (QED) is 0.934. The van der Waals surface area contributed by atoms with E-state index in [1.54, 1.807) is 24.3 Å². The molecule has 1 saturated heterocycles. The molecule has 1 fully saturated rings. The van der Waals surface area contributed by atoms with E-state index >= 15 is 0 Å². The first-order valence-electron chi connectivity index (χ1n) is 8.39. The van der Waals surface area contributed by atoms with Gasteiger partial charge in [0.1, 0.15) is 0 Å². The van der Waals surface area contributed by atoms with Crippen molar-refractivity contribution in [3.8, 4) is 0 Å². The fourth-order valence-electron chi connectivity index (χ4n) is 2.91.